The van der Waals surface area contributed by atoms with Crippen LogP contribution in [-0.4, -0.2) is 18.0 Å². The smallest absolute Gasteiger partial charge is 0.391 e. The van der Waals surface area contributed by atoms with Crippen molar-refractivity contribution < 1.29 is 22.8 Å². The van der Waals surface area contributed by atoms with Gasteiger partial charge in [-0.25, -0.2) is 0 Å². The molecule has 0 aromatic heterocycles. The molecule has 4 nitrogen and oxygen atoms in total. The van der Waals surface area contributed by atoms with Crippen molar-refractivity contribution >= 4 is 34.6 Å². The first kappa shape index (κ1) is 21.1. The number of allylic oxidation sites excluding steroid dienone is 4. The number of nitrogens with zero attached hydrogens (tertiary/aromatic N) is 2. The molecule has 1 aliphatic carbocycles. The molecule has 0 spiro atoms. The van der Waals surface area contributed by atoms with E-state index in [4.69, 9.17) is 32.9 Å². The Kier molecular flexibility index (Phi) is 7.50. The fourth-order valence-corrected chi connectivity index (χ4v) is 2.10. The minimum atomic E-state index is -4.36. The SMILES string of the molecule is CC1=CC(=N/OCc2ccc(C(F)(F)F)cc2)/C=CC/1=N\OCC=C(Cl)Cl. The Morgan fingerprint density at radius 1 is 1.07 bits per heavy atom. The summed E-state index contributed by atoms with van der Waals surface area (Å²) in [5.74, 6) is 0. The van der Waals surface area contributed by atoms with E-state index in [0.717, 1.165) is 17.7 Å². The summed E-state index contributed by atoms with van der Waals surface area (Å²) in [6, 6.07) is 4.71. The van der Waals surface area contributed by atoms with Crippen LogP contribution in [0.1, 0.15) is 18.1 Å². The first-order valence-corrected chi connectivity index (χ1v) is 8.45. The lowest BCUT2D eigenvalue weighted by Crippen LogP contribution is -2.07. The van der Waals surface area contributed by atoms with Crippen LogP contribution in [0, 0.1) is 0 Å². The molecule has 27 heavy (non-hydrogen) atoms. The first-order valence-electron chi connectivity index (χ1n) is 7.69. The molecule has 9 heteroatoms. The third-order valence-electron chi connectivity index (χ3n) is 3.34. The van der Waals surface area contributed by atoms with Gasteiger partial charge in [0.15, 0.2) is 0 Å². The maximum Gasteiger partial charge on any atom is 0.416 e. The van der Waals surface area contributed by atoms with Crippen LogP contribution >= 0.6 is 23.2 Å². The average Bonchev–Trinajstić information content (AvgIpc) is 2.59. The van der Waals surface area contributed by atoms with Crippen molar-refractivity contribution in [2.45, 2.75) is 19.7 Å². The zero-order chi connectivity index (χ0) is 19.9. The highest BCUT2D eigenvalue weighted by molar-refractivity contribution is 6.55. The predicted molar refractivity (Wildman–Crippen MR) is 99.7 cm³/mol. The molecule has 0 saturated heterocycles. The van der Waals surface area contributed by atoms with Crippen molar-refractivity contribution in [3.05, 3.63) is 69.8 Å². The van der Waals surface area contributed by atoms with Gasteiger partial charge in [0.05, 0.1) is 5.56 Å². The highest BCUT2D eigenvalue weighted by atomic mass is 35.5. The van der Waals surface area contributed by atoms with Gasteiger partial charge in [-0.3, -0.25) is 0 Å². The first-order chi connectivity index (χ1) is 12.8. The maximum atomic E-state index is 12.5. The highest BCUT2D eigenvalue weighted by Crippen LogP contribution is 2.29. The van der Waals surface area contributed by atoms with Crippen LogP contribution in [0.25, 0.3) is 0 Å². The van der Waals surface area contributed by atoms with E-state index in [0.29, 0.717) is 17.0 Å². The number of alkyl halides is 3. The number of hydrogen-bond acceptors (Lipinski definition) is 4. The topological polar surface area (TPSA) is 43.2 Å². The minimum absolute atomic E-state index is 0.0535. The molecule has 0 aliphatic heterocycles. The molecule has 0 fully saturated rings. The normalized spacial score (nSPS) is 17.0. The van der Waals surface area contributed by atoms with Crippen molar-refractivity contribution in [2.24, 2.45) is 10.3 Å². The molecule has 1 aliphatic rings. The van der Waals surface area contributed by atoms with Crippen LogP contribution in [0.5, 0.6) is 0 Å². The predicted octanol–water partition coefficient (Wildman–Crippen LogP) is 5.79. The van der Waals surface area contributed by atoms with Crippen LogP contribution in [0.3, 0.4) is 0 Å². The Bertz CT molecular complexity index is 807. The van der Waals surface area contributed by atoms with Gasteiger partial charge < -0.3 is 9.68 Å². The van der Waals surface area contributed by atoms with Crippen molar-refractivity contribution in [2.75, 3.05) is 6.61 Å². The molecule has 0 atom stereocenters. The van der Waals surface area contributed by atoms with Gasteiger partial charge in [0, 0.05) is 0 Å². The second-order valence-corrected chi connectivity index (χ2v) is 6.42. The Balaban J connectivity index is 1.89. The quantitative estimate of drug-likeness (QED) is 0.333. The van der Waals surface area contributed by atoms with Crippen LogP contribution < -0.4 is 0 Å². The van der Waals surface area contributed by atoms with Crippen LogP contribution in [0.2, 0.25) is 0 Å². The molecule has 0 bridgehead atoms. The lowest BCUT2D eigenvalue weighted by atomic mass is 10.0. The molecule has 0 N–H and O–H groups in total. The molecule has 0 saturated carbocycles. The van der Waals surface area contributed by atoms with Crippen molar-refractivity contribution in [3.8, 4) is 0 Å². The fraction of sp³-hybridized carbons (Fsp3) is 0.222. The number of halogens is 5. The summed E-state index contributed by atoms with van der Waals surface area (Å²) in [6.45, 7) is 2.02. The number of rotatable bonds is 6. The fourth-order valence-electron chi connectivity index (χ4n) is 1.98. The van der Waals surface area contributed by atoms with E-state index in [1.165, 1.54) is 18.2 Å². The van der Waals surface area contributed by atoms with Gasteiger partial charge in [-0.05, 0) is 54.5 Å². The second kappa shape index (κ2) is 9.62. The average molecular weight is 419 g/mol. The largest absolute Gasteiger partial charge is 0.416 e. The standard InChI is InChI=1S/C18H15Cl2F3N2O2/c1-12-10-15(6-7-16(12)25-26-9-8-17(19)20)24-27-11-13-2-4-14(5-3-13)18(21,22)23/h2-8,10H,9,11H2,1H3/b24-15+,25-16+. The van der Waals surface area contributed by atoms with Gasteiger partial charge in [-0.1, -0.05) is 45.6 Å². The molecule has 1 aromatic rings. The number of oxime groups is 2. The van der Waals surface area contributed by atoms with Gasteiger partial charge in [-0.2, -0.15) is 13.2 Å². The molecule has 0 radical (unpaired) electrons. The Hall–Kier alpha value is -2.25. The van der Waals surface area contributed by atoms with E-state index in [1.807, 2.05) is 6.92 Å². The van der Waals surface area contributed by atoms with Crippen molar-refractivity contribution in [1.29, 1.82) is 0 Å². The molecule has 0 amide bonds. The third-order valence-corrected chi connectivity index (χ3v) is 3.65. The second-order valence-electron chi connectivity index (χ2n) is 5.41. The van der Waals surface area contributed by atoms with Crippen molar-refractivity contribution in [1.82, 2.24) is 0 Å². The number of hydrogen-bond donors (Lipinski definition) is 0. The lowest BCUT2D eigenvalue weighted by molar-refractivity contribution is -0.137. The Morgan fingerprint density at radius 2 is 1.78 bits per heavy atom. The summed E-state index contributed by atoms with van der Waals surface area (Å²) in [7, 11) is 0. The summed E-state index contributed by atoms with van der Waals surface area (Å²) in [4.78, 5) is 10.3. The van der Waals surface area contributed by atoms with E-state index < -0.39 is 11.7 Å². The van der Waals surface area contributed by atoms with E-state index in [1.54, 1.807) is 18.2 Å². The third kappa shape index (κ3) is 7.11. The number of benzene rings is 1. The van der Waals surface area contributed by atoms with E-state index >= 15 is 0 Å². The van der Waals surface area contributed by atoms with Gasteiger partial charge in [0.2, 0.25) is 0 Å². The van der Waals surface area contributed by atoms with Gasteiger partial charge in [0.1, 0.15) is 29.1 Å². The van der Waals surface area contributed by atoms with E-state index in [9.17, 15) is 13.2 Å². The zero-order valence-corrected chi connectivity index (χ0v) is 15.6. The van der Waals surface area contributed by atoms with Crippen LogP contribution in [0.4, 0.5) is 13.2 Å². The molecule has 144 valence electrons. The van der Waals surface area contributed by atoms with Gasteiger partial charge >= 0.3 is 6.18 Å². The maximum absolute atomic E-state index is 12.5. The lowest BCUT2D eigenvalue weighted by Gasteiger charge is -2.09. The van der Waals surface area contributed by atoms with Crippen LogP contribution in [0.15, 0.2) is 68.9 Å². The van der Waals surface area contributed by atoms with E-state index in [-0.39, 0.29) is 17.7 Å². The van der Waals surface area contributed by atoms with Gasteiger partial charge in [-0.15, -0.1) is 0 Å². The Labute approximate surface area is 164 Å². The summed E-state index contributed by atoms with van der Waals surface area (Å²) >= 11 is 10.9. The molecular formula is C18H15Cl2F3N2O2. The van der Waals surface area contributed by atoms with Crippen LogP contribution in [-0.2, 0) is 22.5 Å². The van der Waals surface area contributed by atoms with Crippen molar-refractivity contribution in [3.63, 3.8) is 0 Å². The molecule has 1 aromatic carbocycles. The minimum Gasteiger partial charge on any atom is -0.391 e. The molecule has 2 rings (SSSR count). The summed E-state index contributed by atoms with van der Waals surface area (Å²) in [5.41, 5.74) is 1.83. The molecule has 0 heterocycles. The highest BCUT2D eigenvalue weighted by Gasteiger charge is 2.29. The zero-order valence-electron chi connectivity index (χ0n) is 14.1. The van der Waals surface area contributed by atoms with Gasteiger partial charge in [0.25, 0.3) is 0 Å². The summed E-state index contributed by atoms with van der Waals surface area (Å²) in [6.07, 6.45) is 2.21. The summed E-state index contributed by atoms with van der Waals surface area (Å²) in [5, 5.41) is 7.88. The van der Waals surface area contributed by atoms with E-state index in [2.05, 4.69) is 10.3 Å². The summed E-state index contributed by atoms with van der Waals surface area (Å²) < 4.78 is 37.6. The molecular weight excluding hydrogens is 404 g/mol. The monoisotopic (exact) mass is 418 g/mol. The molecule has 0 unspecified atom stereocenters. The Morgan fingerprint density at radius 3 is 2.37 bits per heavy atom.